The Morgan fingerprint density at radius 1 is 1.30 bits per heavy atom. The first-order valence-corrected chi connectivity index (χ1v) is 9.39. The van der Waals surface area contributed by atoms with E-state index < -0.39 is 15.4 Å². The molecule has 4 nitrogen and oxygen atoms in total. The Balaban J connectivity index is 1.71. The summed E-state index contributed by atoms with van der Waals surface area (Å²) in [5.41, 5.74) is 1.26. The van der Waals surface area contributed by atoms with Crippen LogP contribution in [0.25, 0.3) is 11.3 Å². The lowest BCUT2D eigenvalue weighted by Crippen LogP contribution is -2.42. The first-order valence-electron chi connectivity index (χ1n) is 7.57. The zero-order valence-corrected chi connectivity index (χ0v) is 14.0. The Hall–Kier alpha value is -1.66. The number of benzene rings is 1. The molecular weight excluding hydrogens is 317 g/mol. The second-order valence-electron chi connectivity index (χ2n) is 6.48. The summed E-state index contributed by atoms with van der Waals surface area (Å²) in [6.45, 7) is 4.22. The molecule has 6 heteroatoms. The van der Waals surface area contributed by atoms with E-state index in [0.29, 0.717) is 18.7 Å². The minimum Gasteiger partial charge on any atom is -0.460 e. The first kappa shape index (κ1) is 16.2. The number of rotatable bonds is 4. The van der Waals surface area contributed by atoms with Crippen molar-refractivity contribution >= 4 is 9.84 Å². The summed E-state index contributed by atoms with van der Waals surface area (Å²) in [6, 6.07) is 8.29. The summed E-state index contributed by atoms with van der Waals surface area (Å²) in [5.74, 6) is 1.53. The van der Waals surface area contributed by atoms with Gasteiger partial charge in [0, 0.05) is 11.1 Å². The number of halogens is 1. The minimum atomic E-state index is -2.93. The lowest BCUT2D eigenvalue weighted by atomic mass is 10.0. The zero-order valence-electron chi connectivity index (χ0n) is 13.2. The molecule has 0 bridgehead atoms. The van der Waals surface area contributed by atoms with Crippen molar-refractivity contribution < 1.29 is 17.2 Å². The number of hydrogen-bond donors (Lipinski definition) is 1. The van der Waals surface area contributed by atoms with Crippen LogP contribution in [0.4, 0.5) is 4.39 Å². The molecule has 0 spiro atoms. The summed E-state index contributed by atoms with van der Waals surface area (Å²) in [7, 11) is -2.93. The smallest absolute Gasteiger partial charge is 0.152 e. The maximum Gasteiger partial charge on any atom is 0.152 e. The van der Waals surface area contributed by atoms with Crippen LogP contribution in [0.15, 0.2) is 34.7 Å². The van der Waals surface area contributed by atoms with Crippen LogP contribution in [0.2, 0.25) is 0 Å². The molecule has 0 saturated carbocycles. The molecule has 1 aromatic carbocycles. The predicted molar refractivity (Wildman–Crippen MR) is 87.4 cm³/mol. The molecule has 1 aliphatic rings. The fourth-order valence-corrected chi connectivity index (χ4v) is 5.09. The van der Waals surface area contributed by atoms with Crippen LogP contribution in [-0.4, -0.2) is 25.5 Å². The quantitative estimate of drug-likeness (QED) is 0.931. The molecule has 23 heavy (non-hydrogen) atoms. The Morgan fingerprint density at radius 2 is 2.09 bits per heavy atom. The van der Waals surface area contributed by atoms with E-state index in [9.17, 15) is 12.8 Å². The Bertz CT molecular complexity index is 828. The maximum atomic E-state index is 13.2. The summed E-state index contributed by atoms with van der Waals surface area (Å²) in [4.78, 5) is 0. The van der Waals surface area contributed by atoms with Crippen molar-refractivity contribution in [1.29, 1.82) is 0 Å². The van der Waals surface area contributed by atoms with Gasteiger partial charge in [-0.1, -0.05) is 0 Å². The van der Waals surface area contributed by atoms with E-state index in [4.69, 9.17) is 4.42 Å². The highest BCUT2D eigenvalue weighted by Crippen LogP contribution is 2.27. The van der Waals surface area contributed by atoms with Crippen LogP contribution in [-0.2, 0) is 16.4 Å². The van der Waals surface area contributed by atoms with E-state index in [1.165, 1.54) is 12.1 Å². The van der Waals surface area contributed by atoms with Crippen LogP contribution in [0.3, 0.4) is 0 Å². The van der Waals surface area contributed by atoms with Crippen molar-refractivity contribution in [2.75, 3.05) is 11.5 Å². The van der Waals surface area contributed by atoms with Gasteiger partial charge >= 0.3 is 0 Å². The SMILES string of the molecule is Cc1cc(F)ccc1-c1ccc(CN[C@]2(C)CCS(=O)(=O)C2)o1. The second-order valence-corrected chi connectivity index (χ2v) is 8.67. The van der Waals surface area contributed by atoms with Gasteiger partial charge in [-0.05, 0) is 56.2 Å². The first-order chi connectivity index (χ1) is 10.8. The van der Waals surface area contributed by atoms with Gasteiger partial charge in [0.05, 0.1) is 18.1 Å². The number of furan rings is 1. The molecule has 0 radical (unpaired) electrons. The van der Waals surface area contributed by atoms with Crippen LogP contribution < -0.4 is 5.32 Å². The van der Waals surface area contributed by atoms with Gasteiger partial charge in [-0.2, -0.15) is 0 Å². The van der Waals surface area contributed by atoms with E-state index in [-0.39, 0.29) is 17.3 Å². The standard InChI is InChI=1S/C17H20FNO3S/c1-12-9-13(18)3-5-15(12)16-6-4-14(22-16)10-19-17(2)7-8-23(20,21)11-17/h3-6,9,19H,7-8,10-11H2,1-2H3/t17-/m1/s1. The number of hydrogen-bond acceptors (Lipinski definition) is 4. The molecule has 3 rings (SSSR count). The third-order valence-corrected chi connectivity index (χ3v) is 6.21. The summed E-state index contributed by atoms with van der Waals surface area (Å²) in [6.07, 6.45) is 0.611. The molecule has 1 atom stereocenters. The van der Waals surface area contributed by atoms with E-state index in [0.717, 1.165) is 16.9 Å². The Morgan fingerprint density at radius 3 is 2.74 bits per heavy atom. The molecular formula is C17H20FNO3S. The van der Waals surface area contributed by atoms with Gasteiger partial charge in [-0.25, -0.2) is 12.8 Å². The molecule has 1 fully saturated rings. The van der Waals surface area contributed by atoms with Gasteiger partial charge in [0.2, 0.25) is 0 Å². The summed E-state index contributed by atoms with van der Waals surface area (Å²) >= 11 is 0. The molecule has 2 heterocycles. The highest BCUT2D eigenvalue weighted by Gasteiger charge is 2.37. The predicted octanol–water partition coefficient (Wildman–Crippen LogP) is 3.06. The topological polar surface area (TPSA) is 59.3 Å². The van der Waals surface area contributed by atoms with E-state index in [2.05, 4.69) is 5.32 Å². The van der Waals surface area contributed by atoms with Gasteiger partial charge in [0.25, 0.3) is 0 Å². The molecule has 0 aliphatic carbocycles. The largest absolute Gasteiger partial charge is 0.460 e. The average molecular weight is 337 g/mol. The van der Waals surface area contributed by atoms with Crippen LogP contribution in [0, 0.1) is 12.7 Å². The van der Waals surface area contributed by atoms with Crippen LogP contribution in [0.5, 0.6) is 0 Å². The van der Waals surface area contributed by atoms with Gasteiger partial charge in [0.15, 0.2) is 9.84 Å². The monoisotopic (exact) mass is 337 g/mol. The third-order valence-electron chi connectivity index (χ3n) is 4.31. The molecule has 1 aliphatic heterocycles. The van der Waals surface area contributed by atoms with Crippen molar-refractivity contribution in [3.63, 3.8) is 0 Å². The van der Waals surface area contributed by atoms with E-state index >= 15 is 0 Å². The maximum absolute atomic E-state index is 13.2. The molecule has 1 N–H and O–H groups in total. The molecule has 0 unspecified atom stereocenters. The van der Waals surface area contributed by atoms with Crippen LogP contribution >= 0.6 is 0 Å². The number of aryl methyl sites for hydroxylation is 1. The second kappa shape index (κ2) is 5.76. The summed E-state index contributed by atoms with van der Waals surface area (Å²) < 4.78 is 42.2. The van der Waals surface area contributed by atoms with Crippen LogP contribution in [0.1, 0.15) is 24.7 Å². The highest BCUT2D eigenvalue weighted by molar-refractivity contribution is 7.91. The van der Waals surface area contributed by atoms with Gasteiger partial charge in [-0.3, -0.25) is 0 Å². The number of sulfone groups is 1. The Kier molecular flexibility index (Phi) is 4.06. The highest BCUT2D eigenvalue weighted by atomic mass is 32.2. The molecule has 1 saturated heterocycles. The lowest BCUT2D eigenvalue weighted by molar-refractivity contribution is 0.370. The van der Waals surface area contributed by atoms with Gasteiger partial charge in [0.1, 0.15) is 17.3 Å². The minimum absolute atomic E-state index is 0.157. The Labute approximate surface area is 135 Å². The van der Waals surface area contributed by atoms with E-state index in [1.807, 2.05) is 26.0 Å². The molecule has 124 valence electrons. The van der Waals surface area contributed by atoms with E-state index in [1.54, 1.807) is 6.07 Å². The fraction of sp³-hybridized carbons (Fsp3) is 0.412. The van der Waals surface area contributed by atoms with Crippen molar-refractivity contribution in [3.8, 4) is 11.3 Å². The normalized spacial score (nSPS) is 23.3. The lowest BCUT2D eigenvalue weighted by Gasteiger charge is -2.23. The molecule has 0 amide bonds. The fourth-order valence-electron chi connectivity index (χ4n) is 2.97. The average Bonchev–Trinajstić information content (AvgIpc) is 3.02. The van der Waals surface area contributed by atoms with Gasteiger partial charge in [-0.15, -0.1) is 0 Å². The van der Waals surface area contributed by atoms with Crippen molar-refractivity contribution in [3.05, 3.63) is 47.5 Å². The number of nitrogens with one attached hydrogen (secondary N) is 1. The zero-order chi connectivity index (χ0) is 16.7. The molecule has 2 aromatic rings. The van der Waals surface area contributed by atoms with Crippen molar-refractivity contribution in [1.82, 2.24) is 5.32 Å². The van der Waals surface area contributed by atoms with Gasteiger partial charge < -0.3 is 9.73 Å². The van der Waals surface area contributed by atoms with Crippen molar-refractivity contribution in [2.24, 2.45) is 0 Å². The molecule has 1 aromatic heterocycles. The summed E-state index contributed by atoms with van der Waals surface area (Å²) in [5, 5.41) is 3.29. The van der Waals surface area contributed by atoms with Crippen molar-refractivity contribution in [2.45, 2.75) is 32.4 Å². The third kappa shape index (κ3) is 3.64.